The molecule has 1 aliphatic rings. The molecule has 0 saturated heterocycles. The molecule has 0 N–H and O–H groups in total. The summed E-state index contributed by atoms with van der Waals surface area (Å²) >= 11 is 0. The zero-order valence-corrected chi connectivity index (χ0v) is 10.2. The van der Waals surface area contributed by atoms with Crippen LogP contribution in [0.1, 0.15) is 18.4 Å². The molecule has 0 amide bonds. The van der Waals surface area contributed by atoms with Crippen molar-refractivity contribution < 1.29 is 9.47 Å². The molecule has 0 unspecified atom stereocenters. The van der Waals surface area contributed by atoms with Crippen molar-refractivity contribution in [3.8, 4) is 11.5 Å². The summed E-state index contributed by atoms with van der Waals surface area (Å²) in [7, 11) is 5.50. The van der Waals surface area contributed by atoms with Crippen LogP contribution in [0.5, 0.6) is 11.5 Å². The van der Waals surface area contributed by atoms with Gasteiger partial charge in [0.05, 0.1) is 14.2 Å². The van der Waals surface area contributed by atoms with E-state index in [0.717, 1.165) is 24.5 Å². The van der Waals surface area contributed by atoms with E-state index in [1.807, 2.05) is 0 Å². The van der Waals surface area contributed by atoms with Gasteiger partial charge in [-0.05, 0) is 30.9 Å². The molecular weight excluding hydrogens is 202 g/mol. The number of fused-ring (bicyclic) bond motifs is 1. The van der Waals surface area contributed by atoms with Crippen LogP contribution in [0.15, 0.2) is 12.1 Å². The fraction of sp³-hybridized carbons (Fsp3) is 0.538. The lowest BCUT2D eigenvalue weighted by atomic mass is 10.1. The minimum Gasteiger partial charge on any atom is -0.493 e. The third kappa shape index (κ3) is 1.94. The number of ether oxygens (including phenoxy) is 2. The quantitative estimate of drug-likeness (QED) is 0.765. The number of aryl methyl sites for hydroxylation is 1. The maximum absolute atomic E-state index is 5.34. The first kappa shape index (κ1) is 11.1. The third-order valence-corrected chi connectivity index (χ3v) is 3.19. The summed E-state index contributed by atoms with van der Waals surface area (Å²) in [4.78, 5) is 2.30. The van der Waals surface area contributed by atoms with Crippen molar-refractivity contribution >= 4 is 5.69 Å². The van der Waals surface area contributed by atoms with E-state index in [1.54, 1.807) is 14.2 Å². The third-order valence-electron chi connectivity index (χ3n) is 3.19. The van der Waals surface area contributed by atoms with Crippen molar-refractivity contribution in [2.45, 2.75) is 19.3 Å². The van der Waals surface area contributed by atoms with E-state index in [9.17, 15) is 0 Å². The highest BCUT2D eigenvalue weighted by molar-refractivity contribution is 5.62. The monoisotopic (exact) mass is 221 g/mol. The zero-order valence-electron chi connectivity index (χ0n) is 10.2. The van der Waals surface area contributed by atoms with Crippen molar-refractivity contribution in [3.63, 3.8) is 0 Å². The smallest absolute Gasteiger partial charge is 0.162 e. The molecule has 0 aromatic heterocycles. The van der Waals surface area contributed by atoms with Crippen LogP contribution in [-0.2, 0) is 6.42 Å². The predicted octanol–water partition coefficient (Wildman–Crippen LogP) is 2.48. The largest absolute Gasteiger partial charge is 0.493 e. The molecule has 16 heavy (non-hydrogen) atoms. The van der Waals surface area contributed by atoms with E-state index < -0.39 is 0 Å². The van der Waals surface area contributed by atoms with Crippen LogP contribution in [0.2, 0.25) is 0 Å². The van der Waals surface area contributed by atoms with Gasteiger partial charge in [-0.25, -0.2) is 0 Å². The lowest BCUT2D eigenvalue weighted by Crippen LogP contribution is -2.17. The lowest BCUT2D eigenvalue weighted by molar-refractivity contribution is 0.354. The fourth-order valence-corrected chi connectivity index (χ4v) is 2.25. The summed E-state index contributed by atoms with van der Waals surface area (Å²) in [5.74, 6) is 1.64. The number of hydrogen-bond acceptors (Lipinski definition) is 3. The number of hydrogen-bond donors (Lipinski definition) is 0. The van der Waals surface area contributed by atoms with Gasteiger partial charge in [-0.3, -0.25) is 0 Å². The first-order valence-electron chi connectivity index (χ1n) is 5.72. The Bertz CT molecular complexity index is 376. The standard InChI is InChI=1S/C13H19NO2/c1-14-7-5-4-6-10-8-12(15-2)13(16-3)9-11(10)14/h8-9H,4-7H2,1-3H3. The van der Waals surface area contributed by atoms with Crippen molar-refractivity contribution in [3.05, 3.63) is 17.7 Å². The first-order chi connectivity index (χ1) is 7.76. The number of rotatable bonds is 2. The topological polar surface area (TPSA) is 21.7 Å². The minimum atomic E-state index is 0.815. The molecular formula is C13H19NO2. The molecule has 0 spiro atoms. The number of benzene rings is 1. The average Bonchev–Trinajstić information content (AvgIpc) is 2.49. The van der Waals surface area contributed by atoms with Gasteiger partial charge in [0.25, 0.3) is 0 Å². The highest BCUT2D eigenvalue weighted by Crippen LogP contribution is 2.36. The van der Waals surface area contributed by atoms with Crippen molar-refractivity contribution in [1.29, 1.82) is 0 Å². The van der Waals surface area contributed by atoms with Crippen LogP contribution in [0.3, 0.4) is 0 Å². The van der Waals surface area contributed by atoms with Gasteiger partial charge in [0.1, 0.15) is 0 Å². The van der Waals surface area contributed by atoms with Gasteiger partial charge in [-0.15, -0.1) is 0 Å². The first-order valence-corrected chi connectivity index (χ1v) is 5.72. The molecule has 0 fully saturated rings. The maximum atomic E-state index is 5.34. The Morgan fingerprint density at radius 2 is 1.75 bits per heavy atom. The summed E-state index contributed by atoms with van der Waals surface area (Å²) in [6.45, 7) is 1.11. The van der Waals surface area contributed by atoms with Gasteiger partial charge in [-0.1, -0.05) is 0 Å². The van der Waals surface area contributed by atoms with Crippen LogP contribution in [0, 0.1) is 0 Å². The number of methoxy groups -OCH3 is 2. The highest BCUT2D eigenvalue weighted by Gasteiger charge is 2.16. The Hall–Kier alpha value is -1.38. The van der Waals surface area contributed by atoms with Crippen LogP contribution < -0.4 is 14.4 Å². The van der Waals surface area contributed by atoms with Gasteiger partial charge in [-0.2, -0.15) is 0 Å². The van der Waals surface area contributed by atoms with Gasteiger partial charge in [0.2, 0.25) is 0 Å². The minimum absolute atomic E-state index is 0.815. The second kappa shape index (κ2) is 4.64. The van der Waals surface area contributed by atoms with Crippen LogP contribution >= 0.6 is 0 Å². The molecule has 1 heterocycles. The summed E-state index contributed by atoms with van der Waals surface area (Å²) in [5.41, 5.74) is 2.63. The summed E-state index contributed by atoms with van der Waals surface area (Å²) < 4.78 is 10.7. The van der Waals surface area contributed by atoms with Gasteiger partial charge < -0.3 is 14.4 Å². The Morgan fingerprint density at radius 3 is 2.44 bits per heavy atom. The average molecular weight is 221 g/mol. The second-order valence-electron chi connectivity index (χ2n) is 4.21. The zero-order chi connectivity index (χ0) is 11.5. The number of anilines is 1. The summed E-state index contributed by atoms with van der Waals surface area (Å²) in [6, 6.07) is 4.19. The molecule has 0 radical (unpaired) electrons. The maximum Gasteiger partial charge on any atom is 0.162 e. The van der Waals surface area contributed by atoms with Crippen molar-refractivity contribution in [2.75, 3.05) is 32.7 Å². The van der Waals surface area contributed by atoms with Crippen molar-refractivity contribution in [2.24, 2.45) is 0 Å². The molecule has 0 saturated carbocycles. The van der Waals surface area contributed by atoms with Gasteiger partial charge >= 0.3 is 0 Å². The normalized spacial score (nSPS) is 15.3. The molecule has 1 aliphatic heterocycles. The van der Waals surface area contributed by atoms with E-state index in [4.69, 9.17) is 9.47 Å². The molecule has 0 bridgehead atoms. The lowest BCUT2D eigenvalue weighted by Gasteiger charge is -2.21. The Kier molecular flexibility index (Phi) is 3.22. The van der Waals surface area contributed by atoms with E-state index >= 15 is 0 Å². The number of nitrogens with zero attached hydrogens (tertiary/aromatic N) is 1. The molecule has 3 nitrogen and oxygen atoms in total. The molecule has 2 rings (SSSR count). The van der Waals surface area contributed by atoms with Gasteiger partial charge in [0.15, 0.2) is 11.5 Å². The van der Waals surface area contributed by atoms with E-state index in [0.29, 0.717) is 0 Å². The molecule has 0 atom stereocenters. The van der Waals surface area contributed by atoms with E-state index in [2.05, 4.69) is 24.1 Å². The summed E-state index contributed by atoms with van der Waals surface area (Å²) in [6.07, 6.45) is 3.61. The Morgan fingerprint density at radius 1 is 1.06 bits per heavy atom. The highest BCUT2D eigenvalue weighted by atomic mass is 16.5. The van der Waals surface area contributed by atoms with E-state index in [1.165, 1.54) is 24.1 Å². The van der Waals surface area contributed by atoms with Crippen LogP contribution in [0.4, 0.5) is 5.69 Å². The molecule has 1 aromatic rings. The molecule has 88 valence electrons. The molecule has 0 aliphatic carbocycles. The SMILES string of the molecule is COc1cc2c(cc1OC)N(C)CCCC2. The fourth-order valence-electron chi connectivity index (χ4n) is 2.25. The Labute approximate surface area is 97.0 Å². The molecule has 1 aromatic carbocycles. The Balaban J connectivity index is 2.47. The predicted molar refractivity (Wildman–Crippen MR) is 65.8 cm³/mol. The summed E-state index contributed by atoms with van der Waals surface area (Å²) in [5, 5.41) is 0. The van der Waals surface area contributed by atoms with E-state index in [-0.39, 0.29) is 0 Å². The second-order valence-corrected chi connectivity index (χ2v) is 4.21. The van der Waals surface area contributed by atoms with Crippen LogP contribution in [0.25, 0.3) is 0 Å². The molecule has 3 heteroatoms. The van der Waals surface area contributed by atoms with Crippen LogP contribution in [-0.4, -0.2) is 27.8 Å². The van der Waals surface area contributed by atoms with Crippen molar-refractivity contribution in [1.82, 2.24) is 0 Å². The van der Waals surface area contributed by atoms with Gasteiger partial charge in [0, 0.05) is 25.3 Å².